The number of carbonyl (C=O) groups excluding carboxylic acids is 1. The Morgan fingerprint density at radius 2 is 1.86 bits per heavy atom. The van der Waals surface area contributed by atoms with Crippen LogP contribution in [0.3, 0.4) is 0 Å². The van der Waals surface area contributed by atoms with E-state index in [1.807, 2.05) is 24.6 Å². The number of pyridine rings is 1. The Bertz CT molecular complexity index is 656. The first-order chi connectivity index (χ1) is 9.81. The molecule has 0 aliphatic rings. The van der Waals surface area contributed by atoms with E-state index in [1.165, 1.54) is 0 Å². The summed E-state index contributed by atoms with van der Waals surface area (Å²) in [6, 6.07) is 2.19. The van der Waals surface area contributed by atoms with E-state index in [-0.39, 0.29) is 23.9 Å². The predicted octanol–water partition coefficient (Wildman–Crippen LogP) is 3.27. The maximum absolute atomic E-state index is 12.4. The molecule has 2 rings (SSSR count). The molecule has 2 aromatic rings. The molecule has 0 unspecified atom stereocenters. The zero-order chi connectivity index (χ0) is 15.7. The van der Waals surface area contributed by atoms with E-state index in [0.29, 0.717) is 5.56 Å². The summed E-state index contributed by atoms with van der Waals surface area (Å²) in [5.41, 5.74) is 2.35. The molecule has 0 fully saturated rings. The lowest BCUT2D eigenvalue weighted by molar-refractivity contribution is 0.0944. The van der Waals surface area contributed by atoms with Crippen molar-refractivity contribution in [2.75, 3.05) is 0 Å². The van der Waals surface area contributed by atoms with Gasteiger partial charge in [-0.2, -0.15) is 5.10 Å². The minimum atomic E-state index is -0.0670. The van der Waals surface area contributed by atoms with E-state index in [0.717, 1.165) is 16.7 Å². The van der Waals surface area contributed by atoms with Crippen LogP contribution in [0.1, 0.15) is 69.6 Å². The van der Waals surface area contributed by atoms with Crippen LogP contribution in [0, 0.1) is 0 Å². The fraction of sp³-hybridized carbons (Fsp3) is 0.562. The summed E-state index contributed by atoms with van der Waals surface area (Å²) >= 11 is 0. The molecule has 0 saturated carbocycles. The molecule has 1 amide bonds. The average Bonchev–Trinajstić information content (AvgIpc) is 2.80. The lowest BCUT2D eigenvalue weighted by Crippen LogP contribution is -2.30. The number of rotatable bonds is 4. The normalized spacial score (nSPS) is 11.9. The van der Waals surface area contributed by atoms with Gasteiger partial charge in [0.15, 0.2) is 5.65 Å². The standard InChI is InChI=1S/C16H24N4O/c1-9(2)14-7-12(16(21)18-10(3)4)13-8-17-20(11(5)6)15(13)19-14/h7-11H,1-6H3,(H,18,21). The van der Waals surface area contributed by atoms with E-state index in [4.69, 9.17) is 4.98 Å². The SMILES string of the molecule is CC(C)NC(=O)c1cc(C(C)C)nc2c1cnn2C(C)C. The van der Waals surface area contributed by atoms with E-state index < -0.39 is 0 Å². The molecule has 114 valence electrons. The van der Waals surface area contributed by atoms with Gasteiger partial charge in [0.1, 0.15) is 0 Å². The van der Waals surface area contributed by atoms with Gasteiger partial charge in [0.05, 0.1) is 17.1 Å². The van der Waals surface area contributed by atoms with Crippen LogP contribution in [0.2, 0.25) is 0 Å². The van der Waals surface area contributed by atoms with Crippen molar-refractivity contribution in [2.24, 2.45) is 0 Å². The van der Waals surface area contributed by atoms with Gasteiger partial charge in [0, 0.05) is 17.8 Å². The van der Waals surface area contributed by atoms with Gasteiger partial charge in [-0.05, 0) is 39.7 Å². The molecule has 0 bridgehead atoms. The van der Waals surface area contributed by atoms with Crippen molar-refractivity contribution in [3.05, 3.63) is 23.5 Å². The summed E-state index contributed by atoms with van der Waals surface area (Å²) in [6.07, 6.45) is 1.74. The van der Waals surface area contributed by atoms with Crippen LogP contribution in [0.25, 0.3) is 11.0 Å². The molecule has 0 atom stereocenters. The molecular weight excluding hydrogens is 264 g/mol. The summed E-state index contributed by atoms with van der Waals surface area (Å²) < 4.78 is 1.87. The van der Waals surface area contributed by atoms with Crippen LogP contribution in [-0.2, 0) is 0 Å². The molecule has 0 radical (unpaired) electrons. The molecule has 0 aliphatic heterocycles. The first-order valence-electron chi connectivity index (χ1n) is 7.50. The van der Waals surface area contributed by atoms with E-state index in [2.05, 4.69) is 38.1 Å². The Morgan fingerprint density at radius 3 is 2.38 bits per heavy atom. The molecule has 2 aromatic heterocycles. The lowest BCUT2D eigenvalue weighted by Gasteiger charge is -2.13. The number of nitrogens with zero attached hydrogens (tertiary/aromatic N) is 3. The maximum Gasteiger partial charge on any atom is 0.252 e. The number of aromatic nitrogens is 3. The van der Waals surface area contributed by atoms with Crippen molar-refractivity contribution < 1.29 is 4.79 Å². The third-order valence-corrected chi connectivity index (χ3v) is 3.33. The molecule has 21 heavy (non-hydrogen) atoms. The molecule has 5 nitrogen and oxygen atoms in total. The molecule has 0 aliphatic carbocycles. The van der Waals surface area contributed by atoms with Gasteiger partial charge in [-0.25, -0.2) is 9.67 Å². The van der Waals surface area contributed by atoms with Crippen LogP contribution < -0.4 is 5.32 Å². The van der Waals surface area contributed by atoms with Gasteiger partial charge in [0.25, 0.3) is 5.91 Å². The summed E-state index contributed by atoms with van der Waals surface area (Å²) in [5, 5.41) is 8.16. The summed E-state index contributed by atoms with van der Waals surface area (Å²) in [7, 11) is 0. The van der Waals surface area contributed by atoms with Crippen molar-refractivity contribution >= 4 is 16.9 Å². The quantitative estimate of drug-likeness (QED) is 0.939. The van der Waals surface area contributed by atoms with Gasteiger partial charge < -0.3 is 5.32 Å². The lowest BCUT2D eigenvalue weighted by atomic mass is 10.0. The highest BCUT2D eigenvalue weighted by molar-refractivity contribution is 6.05. The highest BCUT2D eigenvalue weighted by Crippen LogP contribution is 2.24. The average molecular weight is 288 g/mol. The van der Waals surface area contributed by atoms with E-state index in [9.17, 15) is 4.79 Å². The Labute approximate surface area is 125 Å². The van der Waals surface area contributed by atoms with Crippen molar-refractivity contribution in [3.63, 3.8) is 0 Å². The molecule has 1 N–H and O–H groups in total. The van der Waals surface area contributed by atoms with Gasteiger partial charge in [-0.3, -0.25) is 4.79 Å². The first kappa shape index (κ1) is 15.5. The Hall–Kier alpha value is -1.91. The topological polar surface area (TPSA) is 59.8 Å². The Kier molecular flexibility index (Phi) is 4.30. The zero-order valence-corrected chi connectivity index (χ0v) is 13.6. The highest BCUT2D eigenvalue weighted by atomic mass is 16.1. The van der Waals surface area contributed by atoms with Gasteiger partial charge >= 0.3 is 0 Å². The van der Waals surface area contributed by atoms with Crippen molar-refractivity contribution in [1.82, 2.24) is 20.1 Å². The molecule has 0 spiro atoms. The van der Waals surface area contributed by atoms with Gasteiger partial charge in [0.2, 0.25) is 0 Å². The van der Waals surface area contributed by atoms with Crippen LogP contribution in [0.5, 0.6) is 0 Å². The predicted molar refractivity (Wildman–Crippen MR) is 84.6 cm³/mol. The minimum absolute atomic E-state index is 0.0670. The van der Waals surface area contributed by atoms with Crippen LogP contribution in [-0.4, -0.2) is 26.7 Å². The monoisotopic (exact) mass is 288 g/mol. The number of hydrogen-bond donors (Lipinski definition) is 1. The second kappa shape index (κ2) is 5.84. The van der Waals surface area contributed by atoms with Crippen LogP contribution in [0.15, 0.2) is 12.3 Å². The fourth-order valence-electron chi connectivity index (χ4n) is 2.24. The fourth-order valence-corrected chi connectivity index (χ4v) is 2.24. The second-order valence-electron chi connectivity index (χ2n) is 6.30. The molecule has 0 aromatic carbocycles. The summed E-state index contributed by atoms with van der Waals surface area (Å²) in [4.78, 5) is 17.1. The third kappa shape index (κ3) is 3.06. The van der Waals surface area contributed by atoms with Gasteiger partial charge in [-0.1, -0.05) is 13.8 Å². The van der Waals surface area contributed by atoms with Gasteiger partial charge in [-0.15, -0.1) is 0 Å². The minimum Gasteiger partial charge on any atom is -0.350 e. The maximum atomic E-state index is 12.4. The largest absolute Gasteiger partial charge is 0.350 e. The van der Waals surface area contributed by atoms with Crippen molar-refractivity contribution in [2.45, 2.75) is 59.5 Å². The molecular formula is C16H24N4O. The third-order valence-electron chi connectivity index (χ3n) is 3.33. The van der Waals surface area contributed by atoms with E-state index in [1.54, 1.807) is 6.20 Å². The molecule has 0 saturated heterocycles. The van der Waals surface area contributed by atoms with Crippen LogP contribution >= 0.6 is 0 Å². The zero-order valence-electron chi connectivity index (χ0n) is 13.6. The van der Waals surface area contributed by atoms with E-state index >= 15 is 0 Å². The number of hydrogen-bond acceptors (Lipinski definition) is 3. The van der Waals surface area contributed by atoms with Crippen LogP contribution in [0.4, 0.5) is 0 Å². The highest BCUT2D eigenvalue weighted by Gasteiger charge is 2.19. The molecule has 5 heteroatoms. The number of amides is 1. The summed E-state index contributed by atoms with van der Waals surface area (Å²) in [5.74, 6) is 0.193. The van der Waals surface area contributed by atoms with Crippen molar-refractivity contribution in [1.29, 1.82) is 0 Å². The number of fused-ring (bicyclic) bond motifs is 1. The Balaban J connectivity index is 2.65. The number of nitrogens with one attached hydrogen (secondary N) is 1. The first-order valence-corrected chi connectivity index (χ1v) is 7.50. The molecule has 2 heterocycles. The summed E-state index contributed by atoms with van der Waals surface area (Å²) in [6.45, 7) is 12.2. The number of carbonyl (C=O) groups is 1. The second-order valence-corrected chi connectivity index (χ2v) is 6.30. The Morgan fingerprint density at radius 1 is 1.19 bits per heavy atom. The smallest absolute Gasteiger partial charge is 0.252 e. The van der Waals surface area contributed by atoms with Crippen molar-refractivity contribution in [3.8, 4) is 0 Å².